The summed E-state index contributed by atoms with van der Waals surface area (Å²) in [6.45, 7) is 6.73. The molecule has 1 unspecified atom stereocenters. The fraction of sp³-hybridized carbons (Fsp3) is 0.588. The summed E-state index contributed by atoms with van der Waals surface area (Å²) < 4.78 is 5.56. The molecule has 3 rings (SSSR count). The molecule has 0 spiro atoms. The number of benzene rings is 1. The molecule has 2 aliphatic heterocycles. The third kappa shape index (κ3) is 5.90. The van der Waals surface area contributed by atoms with E-state index in [1.54, 1.807) is 0 Å². The lowest BCUT2D eigenvalue weighted by Gasteiger charge is -2.37. The zero-order valence-corrected chi connectivity index (χ0v) is 15.5. The first-order valence-corrected chi connectivity index (χ1v) is 8.20. The summed E-state index contributed by atoms with van der Waals surface area (Å²) in [4.78, 5) is 16.8. The molecule has 2 heterocycles. The number of halogens is 2. The molecule has 5 nitrogen and oxygen atoms in total. The van der Waals surface area contributed by atoms with Crippen molar-refractivity contribution in [2.45, 2.75) is 12.5 Å². The molecule has 1 aromatic carbocycles. The molecule has 1 amide bonds. The molecule has 2 aliphatic rings. The Morgan fingerprint density at radius 2 is 1.83 bits per heavy atom. The summed E-state index contributed by atoms with van der Waals surface area (Å²) in [5.41, 5.74) is 1.38. The van der Waals surface area contributed by atoms with E-state index in [0.717, 1.165) is 45.7 Å². The molecular formula is C17H27Cl2N3O2. The van der Waals surface area contributed by atoms with Crippen LogP contribution in [0.1, 0.15) is 5.56 Å². The van der Waals surface area contributed by atoms with Crippen molar-refractivity contribution in [3.8, 4) is 0 Å². The summed E-state index contributed by atoms with van der Waals surface area (Å²) in [6, 6.07) is 10.6. The normalized spacial score (nSPS) is 21.5. The van der Waals surface area contributed by atoms with Gasteiger partial charge >= 0.3 is 0 Å². The van der Waals surface area contributed by atoms with Crippen molar-refractivity contribution >= 4 is 30.7 Å². The average Bonchev–Trinajstić information content (AvgIpc) is 2.61. The van der Waals surface area contributed by atoms with Crippen LogP contribution >= 0.6 is 24.8 Å². The van der Waals surface area contributed by atoms with Crippen molar-refractivity contribution in [3.63, 3.8) is 0 Å². The second kappa shape index (κ2) is 10.9. The molecule has 0 aromatic heterocycles. The van der Waals surface area contributed by atoms with E-state index in [2.05, 4.69) is 40.5 Å². The molecule has 0 aliphatic carbocycles. The van der Waals surface area contributed by atoms with Crippen LogP contribution in [0.25, 0.3) is 0 Å². The lowest BCUT2D eigenvalue weighted by atomic mass is 10.1. The Balaban J connectivity index is 0.00000144. The zero-order chi connectivity index (χ0) is 15.2. The number of carbonyl (C=O) groups is 1. The van der Waals surface area contributed by atoms with Crippen LogP contribution in [0.3, 0.4) is 0 Å². The lowest BCUT2D eigenvalue weighted by molar-refractivity contribution is -0.147. The molecule has 0 bridgehead atoms. The van der Waals surface area contributed by atoms with E-state index in [1.165, 1.54) is 5.56 Å². The third-order valence-electron chi connectivity index (χ3n) is 4.45. The second-order valence-corrected chi connectivity index (χ2v) is 5.97. The van der Waals surface area contributed by atoms with Gasteiger partial charge in [0.05, 0.1) is 6.61 Å². The van der Waals surface area contributed by atoms with Crippen LogP contribution in [0, 0.1) is 0 Å². The highest BCUT2D eigenvalue weighted by Crippen LogP contribution is 2.09. The van der Waals surface area contributed by atoms with Crippen LogP contribution in [-0.4, -0.2) is 74.2 Å². The highest BCUT2D eigenvalue weighted by atomic mass is 35.5. The number of hydrogen-bond acceptors (Lipinski definition) is 4. The molecule has 136 valence electrons. The van der Waals surface area contributed by atoms with Gasteiger partial charge in [-0.1, -0.05) is 30.3 Å². The summed E-state index contributed by atoms with van der Waals surface area (Å²) in [6.07, 6.45) is 0.786. The van der Waals surface area contributed by atoms with E-state index < -0.39 is 0 Å². The molecule has 0 saturated carbocycles. The minimum Gasteiger partial charge on any atom is -0.366 e. The first-order chi connectivity index (χ1) is 10.8. The van der Waals surface area contributed by atoms with Crippen LogP contribution < -0.4 is 5.32 Å². The van der Waals surface area contributed by atoms with Gasteiger partial charge in [-0.15, -0.1) is 24.8 Å². The van der Waals surface area contributed by atoms with Crippen molar-refractivity contribution in [3.05, 3.63) is 35.9 Å². The zero-order valence-electron chi connectivity index (χ0n) is 13.9. The number of nitrogens with zero attached hydrogens (tertiary/aromatic N) is 2. The van der Waals surface area contributed by atoms with Crippen molar-refractivity contribution in [2.24, 2.45) is 0 Å². The second-order valence-electron chi connectivity index (χ2n) is 5.97. The van der Waals surface area contributed by atoms with Gasteiger partial charge in [0.25, 0.3) is 5.91 Å². The first kappa shape index (κ1) is 21.2. The van der Waals surface area contributed by atoms with Gasteiger partial charge in [0, 0.05) is 45.8 Å². The third-order valence-corrected chi connectivity index (χ3v) is 4.45. The summed E-state index contributed by atoms with van der Waals surface area (Å²) >= 11 is 0. The average molecular weight is 376 g/mol. The van der Waals surface area contributed by atoms with Gasteiger partial charge in [-0.05, 0) is 12.0 Å². The topological polar surface area (TPSA) is 44.8 Å². The van der Waals surface area contributed by atoms with Crippen LogP contribution in [0.4, 0.5) is 0 Å². The van der Waals surface area contributed by atoms with E-state index in [0.29, 0.717) is 13.2 Å². The largest absolute Gasteiger partial charge is 0.366 e. The van der Waals surface area contributed by atoms with Gasteiger partial charge in [0.1, 0.15) is 6.10 Å². The molecular weight excluding hydrogens is 349 g/mol. The number of piperazine rings is 1. The van der Waals surface area contributed by atoms with Gasteiger partial charge < -0.3 is 15.0 Å². The minimum absolute atomic E-state index is 0. The SMILES string of the molecule is Cl.Cl.O=C(C1CNCCO1)N1CCN(CCc2ccccc2)CC1. The Kier molecular flexibility index (Phi) is 9.63. The number of rotatable bonds is 4. The van der Waals surface area contributed by atoms with Gasteiger partial charge in [-0.25, -0.2) is 0 Å². The monoisotopic (exact) mass is 375 g/mol. The van der Waals surface area contributed by atoms with E-state index in [-0.39, 0.29) is 36.8 Å². The Bertz CT molecular complexity index is 476. The maximum Gasteiger partial charge on any atom is 0.253 e. The Labute approximate surface area is 156 Å². The van der Waals surface area contributed by atoms with Crippen LogP contribution in [0.2, 0.25) is 0 Å². The number of amides is 1. The van der Waals surface area contributed by atoms with Gasteiger partial charge in [0.2, 0.25) is 0 Å². The highest BCUT2D eigenvalue weighted by Gasteiger charge is 2.29. The van der Waals surface area contributed by atoms with Crippen LogP contribution in [0.5, 0.6) is 0 Å². The summed E-state index contributed by atoms with van der Waals surface area (Å²) in [7, 11) is 0. The lowest BCUT2D eigenvalue weighted by Crippen LogP contribution is -2.55. The minimum atomic E-state index is -0.287. The molecule has 2 saturated heterocycles. The number of carbonyl (C=O) groups excluding carboxylic acids is 1. The van der Waals surface area contributed by atoms with Crippen molar-refractivity contribution in [1.82, 2.24) is 15.1 Å². The number of morpholine rings is 1. The number of nitrogens with one attached hydrogen (secondary N) is 1. The quantitative estimate of drug-likeness (QED) is 0.858. The van der Waals surface area contributed by atoms with Crippen molar-refractivity contribution in [2.75, 3.05) is 52.4 Å². The van der Waals surface area contributed by atoms with Gasteiger partial charge in [-0.2, -0.15) is 0 Å². The fourth-order valence-corrected chi connectivity index (χ4v) is 3.05. The summed E-state index contributed by atoms with van der Waals surface area (Å²) in [5.74, 6) is 0.148. The maximum atomic E-state index is 12.4. The molecule has 1 atom stereocenters. The predicted octanol–water partition coefficient (Wildman–Crippen LogP) is 1.21. The standard InChI is InChI=1S/C17H25N3O2.2ClH/c21-17(16-14-18-7-13-22-16)20-11-9-19(10-12-20)8-6-15-4-2-1-3-5-15;;/h1-5,16,18H,6-14H2;2*1H. The van der Waals surface area contributed by atoms with E-state index >= 15 is 0 Å². The first-order valence-electron chi connectivity index (χ1n) is 8.20. The van der Waals surface area contributed by atoms with Crippen LogP contribution in [0.15, 0.2) is 30.3 Å². The van der Waals surface area contributed by atoms with E-state index in [4.69, 9.17) is 4.74 Å². The Morgan fingerprint density at radius 1 is 1.12 bits per heavy atom. The van der Waals surface area contributed by atoms with Crippen LogP contribution in [-0.2, 0) is 16.0 Å². The smallest absolute Gasteiger partial charge is 0.253 e. The fourth-order valence-electron chi connectivity index (χ4n) is 3.05. The Hall–Kier alpha value is -0.850. The molecule has 2 fully saturated rings. The molecule has 1 N–H and O–H groups in total. The van der Waals surface area contributed by atoms with Crippen molar-refractivity contribution < 1.29 is 9.53 Å². The molecule has 1 aromatic rings. The molecule has 24 heavy (non-hydrogen) atoms. The van der Waals surface area contributed by atoms with E-state index in [9.17, 15) is 4.79 Å². The summed E-state index contributed by atoms with van der Waals surface area (Å²) in [5, 5.41) is 3.22. The van der Waals surface area contributed by atoms with Gasteiger partial charge in [-0.3, -0.25) is 9.69 Å². The van der Waals surface area contributed by atoms with E-state index in [1.807, 2.05) is 4.90 Å². The molecule has 7 heteroatoms. The highest BCUT2D eigenvalue weighted by molar-refractivity contribution is 5.85. The number of hydrogen-bond donors (Lipinski definition) is 1. The Morgan fingerprint density at radius 3 is 2.46 bits per heavy atom. The molecule has 0 radical (unpaired) electrons. The van der Waals surface area contributed by atoms with Crippen molar-refractivity contribution in [1.29, 1.82) is 0 Å². The number of ether oxygens (including phenoxy) is 1. The maximum absolute atomic E-state index is 12.4. The predicted molar refractivity (Wildman–Crippen MR) is 100 cm³/mol. The van der Waals surface area contributed by atoms with Gasteiger partial charge in [0.15, 0.2) is 0 Å².